The summed E-state index contributed by atoms with van der Waals surface area (Å²) in [4.78, 5) is 41.2. The van der Waals surface area contributed by atoms with Crippen molar-refractivity contribution in [3.8, 4) is 0 Å². The number of hydrogen-bond acceptors (Lipinski definition) is 5. The monoisotopic (exact) mass is 291 g/mol. The lowest BCUT2D eigenvalue weighted by atomic mass is 9.92. The summed E-state index contributed by atoms with van der Waals surface area (Å²) in [6.07, 6.45) is -3.68. The molecule has 0 spiro atoms. The normalized spacial score (nSPS) is 25.9. The van der Waals surface area contributed by atoms with Gasteiger partial charge in [-0.25, -0.2) is 4.98 Å². The Morgan fingerprint density at radius 2 is 2.33 bits per heavy atom. The Bertz CT molecular complexity index is 1050. The molecule has 1 aliphatic carbocycles. The number of Topliss-reactive ketones (excluding diaryl/α,β-unsaturated/α-hetero) is 2. The lowest BCUT2D eigenvalue weighted by Crippen LogP contribution is -2.36. The first-order chi connectivity index (χ1) is 12.5. The van der Waals surface area contributed by atoms with Crippen molar-refractivity contribution >= 4 is 28.2 Å². The standard InChI is InChI=1S/C15H15N3O3/c1-8-17-11-4-2-3-10(16)14(11)15(21)18(8)12-6-5-9(19)7-13(12)20/h2-4,12H,5-7,16H2,1H3/i1D2,2D,3D,5D2. The molecule has 6 heteroatoms. The zero-order valence-corrected chi connectivity index (χ0v) is 10.8. The maximum Gasteiger partial charge on any atom is 0.264 e. The van der Waals surface area contributed by atoms with Gasteiger partial charge in [0.15, 0.2) is 5.78 Å². The smallest absolute Gasteiger partial charge is 0.264 e. The quantitative estimate of drug-likeness (QED) is 0.628. The third-order valence-electron chi connectivity index (χ3n) is 3.37. The van der Waals surface area contributed by atoms with Crippen LogP contribution in [0.25, 0.3) is 10.9 Å². The second kappa shape index (κ2) is 4.80. The fourth-order valence-corrected chi connectivity index (χ4v) is 2.37. The van der Waals surface area contributed by atoms with E-state index < -0.39 is 61.1 Å². The summed E-state index contributed by atoms with van der Waals surface area (Å²) in [6, 6.07) is -1.01. The minimum Gasteiger partial charge on any atom is -0.398 e. The predicted octanol–water partition coefficient (Wildman–Crippen LogP) is 1.15. The Hall–Kier alpha value is -2.50. The summed E-state index contributed by atoms with van der Waals surface area (Å²) in [5.41, 5.74) is 4.46. The van der Waals surface area contributed by atoms with E-state index in [1.807, 2.05) is 0 Å². The van der Waals surface area contributed by atoms with Gasteiger partial charge in [-0.15, -0.1) is 0 Å². The number of carbonyl (C=O) groups excluding carboxylic acids is 2. The van der Waals surface area contributed by atoms with Crippen molar-refractivity contribution in [1.82, 2.24) is 9.55 Å². The highest BCUT2D eigenvalue weighted by Gasteiger charge is 2.30. The first-order valence-electron chi connectivity index (χ1n) is 9.33. The van der Waals surface area contributed by atoms with Crippen LogP contribution in [-0.2, 0) is 9.59 Å². The van der Waals surface area contributed by atoms with Crippen LogP contribution in [0.4, 0.5) is 5.69 Å². The van der Waals surface area contributed by atoms with Gasteiger partial charge in [-0.1, -0.05) is 6.04 Å². The highest BCUT2D eigenvalue weighted by Crippen LogP contribution is 2.24. The van der Waals surface area contributed by atoms with Gasteiger partial charge in [0.25, 0.3) is 5.56 Å². The van der Waals surface area contributed by atoms with E-state index in [0.717, 1.165) is 10.6 Å². The Labute approximate surface area is 129 Å². The van der Waals surface area contributed by atoms with Crippen molar-refractivity contribution in [2.75, 3.05) is 5.73 Å². The molecule has 0 amide bonds. The van der Waals surface area contributed by atoms with Crippen molar-refractivity contribution in [3.05, 3.63) is 34.3 Å². The number of rotatable bonds is 1. The average Bonchev–Trinajstić information content (AvgIpc) is 2.56. The highest BCUT2D eigenvalue weighted by atomic mass is 16.2. The zero-order valence-electron chi connectivity index (χ0n) is 16.8. The molecule has 1 atom stereocenters. The lowest BCUT2D eigenvalue weighted by Gasteiger charge is -2.24. The van der Waals surface area contributed by atoms with Crippen LogP contribution in [0.15, 0.2) is 22.9 Å². The molecule has 0 radical (unpaired) electrons. The number of aromatic nitrogens is 2. The molecule has 2 N–H and O–H groups in total. The Balaban J connectivity index is 2.36. The molecule has 6 nitrogen and oxygen atoms in total. The van der Waals surface area contributed by atoms with E-state index in [9.17, 15) is 14.4 Å². The fourth-order valence-electron chi connectivity index (χ4n) is 2.37. The first-order valence-corrected chi connectivity index (χ1v) is 6.18. The SMILES string of the molecule is [2H]c1cc2nc(C([2H])[2H])n(C3CC([2H])([2H])C(=O)CC3=O)c(=O)c2c(N)c1[2H]. The maximum absolute atomic E-state index is 13.0. The third kappa shape index (κ3) is 2.12. The van der Waals surface area contributed by atoms with E-state index in [1.54, 1.807) is 0 Å². The number of benzene rings is 1. The second-order valence-electron chi connectivity index (χ2n) is 4.70. The summed E-state index contributed by atoms with van der Waals surface area (Å²) in [6.45, 7) is -1.79. The molecule has 0 saturated heterocycles. The molecule has 0 aliphatic heterocycles. The number of carbonyl (C=O) groups is 2. The average molecular weight is 291 g/mol. The molecule has 1 fully saturated rings. The summed E-state index contributed by atoms with van der Waals surface area (Å²) in [7, 11) is 0. The number of aryl methyl sites for hydroxylation is 1. The molecule has 0 bridgehead atoms. The van der Waals surface area contributed by atoms with E-state index in [0.29, 0.717) is 0 Å². The molecule has 1 aromatic carbocycles. The molecule has 2 aromatic rings. The summed E-state index contributed by atoms with van der Waals surface area (Å²) < 4.78 is 47.1. The largest absolute Gasteiger partial charge is 0.398 e. The van der Waals surface area contributed by atoms with Crippen LogP contribution in [0, 0.1) is 6.88 Å². The minimum absolute atomic E-state index is 0.0865. The molecule has 21 heavy (non-hydrogen) atoms. The molecule has 1 aliphatic rings. The van der Waals surface area contributed by atoms with Gasteiger partial charge < -0.3 is 5.73 Å². The Morgan fingerprint density at radius 1 is 1.52 bits per heavy atom. The Kier molecular flexibility index (Phi) is 1.84. The topological polar surface area (TPSA) is 95.0 Å². The van der Waals surface area contributed by atoms with Crippen LogP contribution in [0.5, 0.6) is 0 Å². The summed E-state index contributed by atoms with van der Waals surface area (Å²) in [5.74, 6) is -2.04. The van der Waals surface area contributed by atoms with Crippen LogP contribution >= 0.6 is 0 Å². The second-order valence-corrected chi connectivity index (χ2v) is 4.70. The number of nitrogens with zero attached hydrogens (tertiary/aromatic N) is 2. The van der Waals surface area contributed by atoms with Crippen LogP contribution in [0.2, 0.25) is 0 Å². The summed E-state index contributed by atoms with van der Waals surface area (Å²) >= 11 is 0. The van der Waals surface area contributed by atoms with Gasteiger partial charge in [0, 0.05) is 17.5 Å². The molecule has 1 unspecified atom stereocenters. The number of nitrogen functional groups attached to an aromatic ring is 1. The number of anilines is 1. The van der Waals surface area contributed by atoms with Gasteiger partial charge in [0.2, 0.25) is 0 Å². The van der Waals surface area contributed by atoms with Crippen LogP contribution in [0.3, 0.4) is 0 Å². The minimum atomic E-state index is -2.35. The maximum atomic E-state index is 13.0. The van der Waals surface area contributed by atoms with Gasteiger partial charge in [-0.2, -0.15) is 0 Å². The number of nitrogens with two attached hydrogens (primary N) is 1. The molecule has 1 saturated carbocycles. The Morgan fingerprint density at radius 3 is 3.10 bits per heavy atom. The van der Waals surface area contributed by atoms with Gasteiger partial charge in [0.1, 0.15) is 11.6 Å². The number of ketones is 2. The lowest BCUT2D eigenvalue weighted by molar-refractivity contribution is -0.132. The number of fused-ring (bicyclic) bond motifs is 1. The van der Waals surface area contributed by atoms with Gasteiger partial charge in [0.05, 0.1) is 26.1 Å². The van der Waals surface area contributed by atoms with Gasteiger partial charge in [-0.05, 0) is 25.4 Å². The van der Waals surface area contributed by atoms with Crippen molar-refractivity contribution in [2.45, 2.75) is 32.1 Å². The van der Waals surface area contributed by atoms with Crippen molar-refractivity contribution in [1.29, 1.82) is 0 Å². The number of hydrogen-bond donors (Lipinski definition) is 1. The van der Waals surface area contributed by atoms with Crippen LogP contribution < -0.4 is 11.3 Å². The van der Waals surface area contributed by atoms with Gasteiger partial charge in [-0.3, -0.25) is 19.0 Å². The van der Waals surface area contributed by atoms with E-state index in [4.69, 9.17) is 14.0 Å². The van der Waals surface area contributed by atoms with E-state index in [-0.39, 0.29) is 22.6 Å². The highest BCUT2D eigenvalue weighted by molar-refractivity contribution is 6.03. The molecular formula is C15H15N3O3. The fraction of sp³-hybridized carbons (Fsp3) is 0.333. The summed E-state index contributed by atoms with van der Waals surface area (Å²) in [5, 5.41) is -0.245. The van der Waals surface area contributed by atoms with E-state index in [1.165, 1.54) is 0 Å². The molecule has 1 heterocycles. The van der Waals surface area contributed by atoms with E-state index in [2.05, 4.69) is 4.98 Å². The van der Waals surface area contributed by atoms with Crippen molar-refractivity contribution < 1.29 is 17.8 Å². The first kappa shape index (κ1) is 8.07. The molecule has 3 rings (SSSR count). The van der Waals surface area contributed by atoms with Crippen LogP contribution in [0.1, 0.15) is 39.3 Å². The van der Waals surface area contributed by atoms with E-state index >= 15 is 0 Å². The van der Waals surface area contributed by atoms with Gasteiger partial charge >= 0.3 is 0 Å². The molecule has 108 valence electrons. The molecule has 1 aromatic heterocycles. The predicted molar refractivity (Wildman–Crippen MR) is 78.1 cm³/mol. The zero-order chi connectivity index (χ0) is 20.3. The molecular weight excluding hydrogens is 270 g/mol. The third-order valence-corrected chi connectivity index (χ3v) is 3.37. The van der Waals surface area contributed by atoms with Crippen molar-refractivity contribution in [3.63, 3.8) is 0 Å². The van der Waals surface area contributed by atoms with Crippen molar-refractivity contribution in [2.24, 2.45) is 0 Å². The van der Waals surface area contributed by atoms with Crippen LogP contribution in [-0.4, -0.2) is 21.1 Å².